The van der Waals surface area contributed by atoms with E-state index in [1.165, 1.54) is 12.5 Å². The highest BCUT2D eigenvalue weighted by atomic mass is 16.5. The van der Waals surface area contributed by atoms with Gasteiger partial charge in [-0.15, -0.1) is 0 Å². The lowest BCUT2D eigenvalue weighted by atomic mass is 9.95. The van der Waals surface area contributed by atoms with Crippen molar-refractivity contribution < 1.29 is 28.9 Å². The van der Waals surface area contributed by atoms with Crippen molar-refractivity contribution in [2.45, 2.75) is 38.1 Å². The van der Waals surface area contributed by atoms with Crippen LogP contribution < -0.4 is 15.4 Å². The van der Waals surface area contributed by atoms with Crippen molar-refractivity contribution in [1.82, 2.24) is 10.6 Å². The summed E-state index contributed by atoms with van der Waals surface area (Å²) in [5.74, 6) is -0.342. The quantitative estimate of drug-likeness (QED) is 0.460. The van der Waals surface area contributed by atoms with Crippen LogP contribution in [0.2, 0.25) is 0 Å². The number of carbonyl (C=O) groups excluding carboxylic acids is 2. The molecule has 2 aromatic carbocycles. The van der Waals surface area contributed by atoms with Gasteiger partial charge >= 0.3 is 0 Å². The van der Waals surface area contributed by atoms with Crippen LogP contribution in [-0.2, 0) is 14.3 Å². The van der Waals surface area contributed by atoms with Gasteiger partial charge < -0.3 is 30.0 Å². The fraction of sp³-hybridized carbons (Fsp3) is 0.500. The Bertz CT molecular complexity index is 911. The fourth-order valence-electron chi connectivity index (χ4n) is 3.83. The largest absolute Gasteiger partial charge is 0.506 e. The second-order valence-electron chi connectivity index (χ2n) is 7.87. The molecule has 0 atom stereocenters. The maximum Gasteiger partial charge on any atom is 0.258 e. The molecule has 0 unspecified atom stereocenters. The summed E-state index contributed by atoms with van der Waals surface area (Å²) in [6.07, 6.45) is 5.26. The average Bonchev–Trinajstić information content (AvgIpc) is 2.81. The van der Waals surface area contributed by atoms with E-state index in [1.54, 1.807) is 25.3 Å². The highest BCUT2D eigenvalue weighted by Crippen LogP contribution is 2.36. The number of nitrogens with one attached hydrogen (secondary N) is 2. The van der Waals surface area contributed by atoms with Crippen LogP contribution >= 0.6 is 0 Å². The smallest absolute Gasteiger partial charge is 0.258 e. The molecule has 8 nitrogen and oxygen atoms in total. The van der Waals surface area contributed by atoms with Gasteiger partial charge in [-0.05, 0) is 18.9 Å². The van der Waals surface area contributed by atoms with Crippen LogP contribution in [0.5, 0.6) is 11.5 Å². The molecule has 2 amide bonds. The molecule has 8 heteroatoms. The molecule has 0 aromatic heterocycles. The molecule has 1 saturated carbocycles. The average molecular weight is 445 g/mol. The van der Waals surface area contributed by atoms with E-state index in [0.29, 0.717) is 42.9 Å². The van der Waals surface area contributed by atoms with E-state index in [2.05, 4.69) is 10.6 Å². The first-order valence-corrected chi connectivity index (χ1v) is 11.1. The highest BCUT2D eigenvalue weighted by Gasteiger charge is 2.22. The van der Waals surface area contributed by atoms with Gasteiger partial charge in [0.25, 0.3) is 11.8 Å². The van der Waals surface area contributed by atoms with E-state index in [-0.39, 0.29) is 35.8 Å². The predicted molar refractivity (Wildman–Crippen MR) is 121 cm³/mol. The summed E-state index contributed by atoms with van der Waals surface area (Å²) in [7, 11) is 1.60. The monoisotopic (exact) mass is 444 g/mol. The van der Waals surface area contributed by atoms with Crippen molar-refractivity contribution >= 4 is 22.6 Å². The van der Waals surface area contributed by atoms with E-state index >= 15 is 0 Å². The molecular formula is C24H32N2O6. The second kappa shape index (κ2) is 12.3. The Labute approximate surface area is 188 Å². The third-order valence-corrected chi connectivity index (χ3v) is 5.52. The third kappa shape index (κ3) is 6.58. The molecule has 174 valence electrons. The van der Waals surface area contributed by atoms with Gasteiger partial charge in [0, 0.05) is 30.5 Å². The van der Waals surface area contributed by atoms with E-state index < -0.39 is 0 Å². The molecule has 1 aliphatic carbocycles. The highest BCUT2D eigenvalue weighted by molar-refractivity contribution is 6.06. The number of hydrogen-bond acceptors (Lipinski definition) is 6. The molecule has 32 heavy (non-hydrogen) atoms. The Morgan fingerprint density at radius 1 is 1.06 bits per heavy atom. The summed E-state index contributed by atoms with van der Waals surface area (Å²) in [6.45, 7) is 1.49. The predicted octanol–water partition coefficient (Wildman–Crippen LogP) is 2.77. The number of ether oxygens (including phenoxy) is 3. The van der Waals surface area contributed by atoms with Crippen molar-refractivity contribution in [3.63, 3.8) is 0 Å². The van der Waals surface area contributed by atoms with Crippen LogP contribution in [0, 0.1) is 0 Å². The molecule has 1 aliphatic rings. The van der Waals surface area contributed by atoms with Gasteiger partial charge in [-0.25, -0.2) is 0 Å². The summed E-state index contributed by atoms with van der Waals surface area (Å²) < 4.78 is 15.9. The Balaban J connectivity index is 1.66. The topological polar surface area (TPSA) is 106 Å². The van der Waals surface area contributed by atoms with Gasteiger partial charge in [0.1, 0.15) is 11.5 Å². The van der Waals surface area contributed by atoms with Crippen LogP contribution in [0.25, 0.3) is 10.8 Å². The Kier molecular flexibility index (Phi) is 9.13. The van der Waals surface area contributed by atoms with Gasteiger partial charge in [-0.2, -0.15) is 0 Å². The zero-order chi connectivity index (χ0) is 22.8. The van der Waals surface area contributed by atoms with Crippen molar-refractivity contribution in [2.75, 3.05) is 40.1 Å². The normalized spacial score (nSPS) is 14.3. The van der Waals surface area contributed by atoms with Crippen molar-refractivity contribution in [2.24, 2.45) is 0 Å². The molecule has 0 aliphatic heterocycles. The SMILES string of the molecule is COCCOCCNC(=O)COc1cc(C(=O)NC2CCCCC2)c(O)c2ccccc12. The summed E-state index contributed by atoms with van der Waals surface area (Å²) in [6, 6.07) is 8.74. The van der Waals surface area contributed by atoms with Crippen LogP contribution in [0.15, 0.2) is 30.3 Å². The summed E-state index contributed by atoms with van der Waals surface area (Å²) in [5, 5.41) is 17.6. The number of aromatic hydroxyl groups is 1. The van der Waals surface area contributed by atoms with E-state index in [1.807, 2.05) is 6.07 Å². The summed E-state index contributed by atoms with van der Waals surface area (Å²) in [5.41, 5.74) is 0.149. The van der Waals surface area contributed by atoms with Gasteiger partial charge in [0.15, 0.2) is 6.61 Å². The Hall–Kier alpha value is -2.84. The number of carbonyl (C=O) groups is 2. The molecule has 2 aromatic rings. The molecule has 0 spiro atoms. The van der Waals surface area contributed by atoms with Gasteiger partial charge in [-0.3, -0.25) is 9.59 Å². The van der Waals surface area contributed by atoms with E-state index in [0.717, 1.165) is 25.7 Å². The number of fused-ring (bicyclic) bond motifs is 1. The van der Waals surface area contributed by atoms with Crippen LogP contribution in [0.1, 0.15) is 42.5 Å². The summed E-state index contributed by atoms with van der Waals surface area (Å²) in [4.78, 5) is 25.0. The van der Waals surface area contributed by atoms with Crippen molar-refractivity contribution in [3.05, 3.63) is 35.9 Å². The lowest BCUT2D eigenvalue weighted by molar-refractivity contribution is -0.123. The Morgan fingerprint density at radius 3 is 2.56 bits per heavy atom. The van der Waals surface area contributed by atoms with Crippen LogP contribution in [-0.4, -0.2) is 63.0 Å². The lowest BCUT2D eigenvalue weighted by Gasteiger charge is -2.23. The molecule has 1 fully saturated rings. The van der Waals surface area contributed by atoms with E-state index in [4.69, 9.17) is 14.2 Å². The van der Waals surface area contributed by atoms with Gasteiger partial charge in [0.05, 0.1) is 25.4 Å². The maximum absolute atomic E-state index is 12.9. The second-order valence-corrected chi connectivity index (χ2v) is 7.87. The molecule has 0 heterocycles. The van der Waals surface area contributed by atoms with Crippen molar-refractivity contribution in [3.8, 4) is 11.5 Å². The first-order valence-electron chi connectivity index (χ1n) is 11.1. The lowest BCUT2D eigenvalue weighted by Crippen LogP contribution is -2.36. The molecular weight excluding hydrogens is 412 g/mol. The minimum absolute atomic E-state index is 0.0843. The molecule has 0 saturated heterocycles. The number of phenolic OH excluding ortho intramolecular Hbond substituents is 1. The first-order chi connectivity index (χ1) is 15.6. The number of benzene rings is 2. The fourth-order valence-corrected chi connectivity index (χ4v) is 3.83. The zero-order valence-corrected chi connectivity index (χ0v) is 18.5. The number of rotatable bonds is 11. The zero-order valence-electron chi connectivity index (χ0n) is 18.5. The van der Waals surface area contributed by atoms with Crippen LogP contribution in [0.3, 0.4) is 0 Å². The minimum Gasteiger partial charge on any atom is -0.506 e. The maximum atomic E-state index is 12.9. The molecule has 3 rings (SSSR count). The van der Waals surface area contributed by atoms with Gasteiger partial charge in [0.2, 0.25) is 0 Å². The number of phenols is 1. The van der Waals surface area contributed by atoms with E-state index in [9.17, 15) is 14.7 Å². The third-order valence-electron chi connectivity index (χ3n) is 5.52. The number of hydrogen-bond donors (Lipinski definition) is 3. The minimum atomic E-state index is -0.331. The molecule has 3 N–H and O–H groups in total. The van der Waals surface area contributed by atoms with Crippen LogP contribution in [0.4, 0.5) is 0 Å². The standard InChI is InChI=1S/C24H32N2O6/c1-30-13-14-31-12-11-25-22(27)16-32-21-15-20(23(28)19-10-6-5-9-18(19)21)24(29)26-17-7-3-2-4-8-17/h5-6,9-10,15,17,28H,2-4,7-8,11-14,16H2,1H3,(H,25,27)(H,26,29). The molecule has 0 bridgehead atoms. The molecule has 0 radical (unpaired) electrons. The van der Waals surface area contributed by atoms with Crippen molar-refractivity contribution in [1.29, 1.82) is 0 Å². The first kappa shape index (κ1) is 23.8. The Morgan fingerprint density at radius 2 is 1.81 bits per heavy atom. The number of amides is 2. The summed E-state index contributed by atoms with van der Waals surface area (Å²) >= 11 is 0. The number of methoxy groups -OCH3 is 1. The van der Waals surface area contributed by atoms with Gasteiger partial charge in [-0.1, -0.05) is 43.5 Å².